The Hall–Kier alpha value is -1.78. The van der Waals surface area contributed by atoms with Crippen molar-refractivity contribution in [2.75, 3.05) is 0 Å². The van der Waals surface area contributed by atoms with Gasteiger partial charge in [0, 0.05) is 11.9 Å². The largest absolute Gasteiger partial charge is 0.399 e. The van der Waals surface area contributed by atoms with Gasteiger partial charge in [0.25, 0.3) is 5.56 Å². The van der Waals surface area contributed by atoms with Crippen molar-refractivity contribution in [3.63, 3.8) is 0 Å². The van der Waals surface area contributed by atoms with Crippen LogP contribution < -0.4 is 17.0 Å². The van der Waals surface area contributed by atoms with E-state index in [1.54, 1.807) is 0 Å². The first-order valence-corrected chi connectivity index (χ1v) is 2.88. The quantitative estimate of drug-likeness (QED) is 0.482. The lowest BCUT2D eigenvalue weighted by atomic mass is 10.3. The van der Waals surface area contributed by atoms with E-state index in [4.69, 9.17) is 5.73 Å². The number of hydrogen-bond donors (Lipinski definition) is 3. The Morgan fingerprint density at radius 1 is 1.55 bits per heavy atom. The van der Waals surface area contributed by atoms with Crippen molar-refractivity contribution in [3.05, 3.63) is 39.2 Å². The van der Waals surface area contributed by atoms with E-state index in [1.807, 2.05) is 4.98 Å². The monoisotopic (exact) mass is 153 g/mol. The zero-order valence-corrected chi connectivity index (χ0v) is 5.68. The lowest BCUT2D eigenvalue weighted by Gasteiger charge is -1.94. The molecule has 5 nitrogen and oxygen atoms in total. The van der Waals surface area contributed by atoms with Gasteiger partial charge in [-0.2, -0.15) is 0 Å². The summed E-state index contributed by atoms with van der Waals surface area (Å²) in [4.78, 5) is 25.6. The second-order valence-corrected chi connectivity index (χ2v) is 2.01. The van der Waals surface area contributed by atoms with Crippen LogP contribution in [0, 0.1) is 0 Å². The highest BCUT2D eigenvalue weighted by atomic mass is 16.2. The van der Waals surface area contributed by atoms with E-state index in [2.05, 4.69) is 11.6 Å². The standard InChI is InChI=1S/C6H7N3O2/c1-3(7)4-2-8-6(11)9-5(4)10/h2H,1,7H2,(H2,8,9,10,11). The maximum atomic E-state index is 10.9. The molecule has 0 bridgehead atoms. The maximum absolute atomic E-state index is 10.9. The Kier molecular flexibility index (Phi) is 1.63. The van der Waals surface area contributed by atoms with Gasteiger partial charge < -0.3 is 10.7 Å². The van der Waals surface area contributed by atoms with Crippen LogP contribution in [0.2, 0.25) is 0 Å². The number of rotatable bonds is 1. The first-order valence-electron chi connectivity index (χ1n) is 2.88. The topological polar surface area (TPSA) is 91.7 Å². The number of nitrogens with one attached hydrogen (secondary N) is 2. The van der Waals surface area contributed by atoms with Gasteiger partial charge in [-0.15, -0.1) is 0 Å². The molecule has 1 rings (SSSR count). The predicted molar refractivity (Wildman–Crippen MR) is 40.9 cm³/mol. The van der Waals surface area contributed by atoms with Gasteiger partial charge in [-0.05, 0) is 0 Å². The van der Waals surface area contributed by atoms with Gasteiger partial charge in [-0.25, -0.2) is 4.79 Å². The lowest BCUT2D eigenvalue weighted by molar-refractivity contribution is 1.02. The molecule has 4 N–H and O–H groups in total. The molecule has 0 aliphatic rings. The summed E-state index contributed by atoms with van der Waals surface area (Å²) >= 11 is 0. The zero-order chi connectivity index (χ0) is 8.43. The van der Waals surface area contributed by atoms with Crippen LogP contribution >= 0.6 is 0 Å². The molecule has 11 heavy (non-hydrogen) atoms. The molecule has 5 heteroatoms. The summed E-state index contributed by atoms with van der Waals surface area (Å²) in [7, 11) is 0. The lowest BCUT2D eigenvalue weighted by Crippen LogP contribution is -2.25. The molecule has 0 saturated carbocycles. The van der Waals surface area contributed by atoms with Crippen LogP contribution in [0.25, 0.3) is 5.70 Å². The van der Waals surface area contributed by atoms with E-state index in [1.165, 1.54) is 6.20 Å². The van der Waals surface area contributed by atoms with Crippen LogP contribution in [0.3, 0.4) is 0 Å². The third-order valence-electron chi connectivity index (χ3n) is 1.17. The highest BCUT2D eigenvalue weighted by Crippen LogP contribution is 1.92. The summed E-state index contributed by atoms with van der Waals surface area (Å²) < 4.78 is 0. The first kappa shape index (κ1) is 7.33. The van der Waals surface area contributed by atoms with Crippen molar-refractivity contribution in [2.45, 2.75) is 0 Å². The first-order chi connectivity index (χ1) is 5.11. The van der Waals surface area contributed by atoms with Gasteiger partial charge in [0.15, 0.2) is 0 Å². The highest BCUT2D eigenvalue weighted by Gasteiger charge is 1.99. The van der Waals surface area contributed by atoms with Gasteiger partial charge in [0.2, 0.25) is 0 Å². The Morgan fingerprint density at radius 2 is 2.18 bits per heavy atom. The van der Waals surface area contributed by atoms with Crippen molar-refractivity contribution in [2.24, 2.45) is 5.73 Å². The van der Waals surface area contributed by atoms with Gasteiger partial charge >= 0.3 is 5.69 Å². The summed E-state index contributed by atoms with van der Waals surface area (Å²) in [6.45, 7) is 3.35. The molecule has 0 aromatic carbocycles. The van der Waals surface area contributed by atoms with E-state index < -0.39 is 11.2 Å². The van der Waals surface area contributed by atoms with E-state index in [0.717, 1.165) is 0 Å². The van der Waals surface area contributed by atoms with Crippen LogP contribution in [0.1, 0.15) is 5.56 Å². The minimum absolute atomic E-state index is 0.127. The molecule has 1 aromatic heterocycles. The average molecular weight is 153 g/mol. The Bertz CT molecular complexity index is 387. The number of hydrogen-bond acceptors (Lipinski definition) is 3. The van der Waals surface area contributed by atoms with Crippen LogP contribution in [-0.4, -0.2) is 9.97 Å². The molecule has 0 spiro atoms. The van der Waals surface area contributed by atoms with E-state index >= 15 is 0 Å². The Morgan fingerprint density at radius 3 is 2.64 bits per heavy atom. The summed E-state index contributed by atoms with van der Waals surface area (Å²) in [5.41, 5.74) is 4.46. The van der Waals surface area contributed by atoms with Crippen molar-refractivity contribution in [1.29, 1.82) is 0 Å². The number of nitrogens with two attached hydrogens (primary N) is 1. The summed E-state index contributed by atoms with van der Waals surface area (Å²) in [5, 5.41) is 0. The summed E-state index contributed by atoms with van der Waals surface area (Å²) in [6, 6.07) is 0. The fraction of sp³-hybridized carbons (Fsp3) is 0. The Balaban J connectivity index is 3.43. The molecule has 1 aromatic rings. The molecule has 0 amide bonds. The zero-order valence-electron chi connectivity index (χ0n) is 5.68. The molecular weight excluding hydrogens is 146 g/mol. The molecule has 0 atom stereocenters. The predicted octanol–water partition coefficient (Wildman–Crippen LogP) is -1.01. The van der Waals surface area contributed by atoms with Crippen molar-refractivity contribution < 1.29 is 0 Å². The fourth-order valence-electron chi connectivity index (χ4n) is 0.648. The van der Waals surface area contributed by atoms with Crippen LogP contribution in [-0.2, 0) is 0 Å². The van der Waals surface area contributed by atoms with Crippen LogP contribution in [0.5, 0.6) is 0 Å². The molecule has 0 aliphatic heterocycles. The minimum Gasteiger partial charge on any atom is -0.399 e. The molecule has 0 radical (unpaired) electrons. The Labute approximate surface area is 61.6 Å². The molecule has 0 unspecified atom stereocenters. The van der Waals surface area contributed by atoms with Gasteiger partial charge in [-0.3, -0.25) is 9.78 Å². The summed E-state index contributed by atoms with van der Waals surface area (Å²) in [6.07, 6.45) is 1.23. The second kappa shape index (κ2) is 2.45. The summed E-state index contributed by atoms with van der Waals surface area (Å²) in [5.74, 6) is 0. The van der Waals surface area contributed by atoms with Crippen molar-refractivity contribution in [3.8, 4) is 0 Å². The number of aromatic nitrogens is 2. The second-order valence-electron chi connectivity index (χ2n) is 2.01. The van der Waals surface area contributed by atoms with Crippen molar-refractivity contribution in [1.82, 2.24) is 9.97 Å². The average Bonchev–Trinajstić information content (AvgIpc) is 1.85. The van der Waals surface area contributed by atoms with Crippen LogP contribution in [0.4, 0.5) is 0 Å². The minimum atomic E-state index is -0.556. The third-order valence-corrected chi connectivity index (χ3v) is 1.17. The molecule has 0 fully saturated rings. The van der Waals surface area contributed by atoms with E-state index in [9.17, 15) is 9.59 Å². The number of aromatic amines is 2. The molecule has 0 aliphatic carbocycles. The van der Waals surface area contributed by atoms with Gasteiger partial charge in [-0.1, -0.05) is 6.58 Å². The molecular formula is C6H7N3O2. The van der Waals surface area contributed by atoms with E-state index in [0.29, 0.717) is 0 Å². The molecule has 0 saturated heterocycles. The van der Waals surface area contributed by atoms with Gasteiger partial charge in [0.1, 0.15) is 0 Å². The molecule has 1 heterocycles. The van der Waals surface area contributed by atoms with Crippen molar-refractivity contribution >= 4 is 5.70 Å². The number of H-pyrrole nitrogens is 2. The maximum Gasteiger partial charge on any atom is 0.325 e. The van der Waals surface area contributed by atoms with E-state index in [-0.39, 0.29) is 11.3 Å². The van der Waals surface area contributed by atoms with Gasteiger partial charge in [0.05, 0.1) is 5.56 Å². The third kappa shape index (κ3) is 1.37. The normalized spacial score (nSPS) is 9.45. The van der Waals surface area contributed by atoms with Crippen LogP contribution in [0.15, 0.2) is 22.4 Å². The smallest absolute Gasteiger partial charge is 0.325 e. The molecule has 58 valence electrons. The fourth-order valence-corrected chi connectivity index (χ4v) is 0.648. The highest BCUT2D eigenvalue weighted by molar-refractivity contribution is 5.57. The SMILES string of the molecule is C=C(N)c1c[nH]c(=O)[nH]c1=O.